The molecule has 1 N–H and O–H groups in total. The van der Waals surface area contributed by atoms with Gasteiger partial charge in [0.15, 0.2) is 0 Å². The molecule has 0 spiro atoms. The number of rotatable bonds is 8. The Labute approximate surface area is 120 Å². The summed E-state index contributed by atoms with van der Waals surface area (Å²) in [5, 5.41) is 3.05. The molecule has 0 aromatic carbocycles. The summed E-state index contributed by atoms with van der Waals surface area (Å²) in [6, 6.07) is 3.41. The molecule has 0 unspecified atom stereocenters. The van der Waals surface area contributed by atoms with Crippen LogP contribution in [0.2, 0.25) is 0 Å². The minimum atomic E-state index is -3.48. The number of hydrogen-bond donors (Lipinski definition) is 1. The van der Waals surface area contributed by atoms with E-state index in [1.165, 1.54) is 10.5 Å². The highest BCUT2D eigenvalue weighted by atomic mass is 32.2. The van der Waals surface area contributed by atoms with Crippen LogP contribution in [0, 0.1) is 0 Å². The summed E-state index contributed by atoms with van der Waals surface area (Å²) in [7, 11) is -1.90. The Bertz CT molecular complexity index is 526. The lowest BCUT2D eigenvalue weighted by atomic mass is 10.4. The molecule has 7 heteroatoms. The zero-order chi connectivity index (χ0) is 14.6. The maximum Gasteiger partial charge on any atom is 0.244 e. The predicted octanol–water partition coefficient (Wildman–Crippen LogP) is 1.31. The maximum absolute atomic E-state index is 12.6. The number of methoxy groups -OCH3 is 1. The van der Waals surface area contributed by atoms with Gasteiger partial charge in [0, 0.05) is 32.4 Å². The lowest BCUT2D eigenvalue weighted by Gasteiger charge is -2.21. The van der Waals surface area contributed by atoms with Crippen LogP contribution in [0.4, 0.5) is 5.82 Å². The summed E-state index contributed by atoms with van der Waals surface area (Å²) >= 11 is 0. The Morgan fingerprint density at radius 2 is 2.20 bits per heavy atom. The zero-order valence-corrected chi connectivity index (χ0v) is 12.7. The average molecular weight is 299 g/mol. The molecule has 0 atom stereocenters. The van der Waals surface area contributed by atoms with E-state index in [1.807, 2.05) is 6.92 Å². The third-order valence-corrected chi connectivity index (χ3v) is 5.11. The molecule has 1 aromatic heterocycles. The first-order valence-corrected chi connectivity index (χ1v) is 8.24. The van der Waals surface area contributed by atoms with Crippen LogP contribution in [0.25, 0.3) is 0 Å². The first-order chi connectivity index (χ1) is 9.59. The molecule has 0 radical (unpaired) electrons. The van der Waals surface area contributed by atoms with Gasteiger partial charge in [-0.1, -0.05) is 0 Å². The van der Waals surface area contributed by atoms with Crippen LogP contribution in [0.3, 0.4) is 0 Å². The van der Waals surface area contributed by atoms with Crippen molar-refractivity contribution >= 4 is 15.8 Å². The topological polar surface area (TPSA) is 71.5 Å². The van der Waals surface area contributed by atoms with Crippen LogP contribution in [-0.4, -0.2) is 50.6 Å². The molecule has 0 saturated heterocycles. The van der Waals surface area contributed by atoms with Crippen molar-refractivity contribution in [2.45, 2.75) is 30.7 Å². The van der Waals surface area contributed by atoms with Gasteiger partial charge < -0.3 is 10.1 Å². The first-order valence-electron chi connectivity index (χ1n) is 6.80. The van der Waals surface area contributed by atoms with Gasteiger partial charge in [-0.2, -0.15) is 4.31 Å². The molecular formula is C13H21N3O3S. The Hall–Kier alpha value is -1.18. The highest BCUT2D eigenvalue weighted by Gasteiger charge is 2.37. The van der Waals surface area contributed by atoms with E-state index < -0.39 is 10.0 Å². The summed E-state index contributed by atoms with van der Waals surface area (Å²) < 4.78 is 31.7. The van der Waals surface area contributed by atoms with Gasteiger partial charge in [-0.15, -0.1) is 0 Å². The van der Waals surface area contributed by atoms with Gasteiger partial charge >= 0.3 is 0 Å². The minimum Gasteiger partial charge on any atom is -0.383 e. The van der Waals surface area contributed by atoms with E-state index in [2.05, 4.69) is 10.3 Å². The van der Waals surface area contributed by atoms with Gasteiger partial charge in [0.2, 0.25) is 10.0 Å². The van der Waals surface area contributed by atoms with Crippen LogP contribution in [0.5, 0.6) is 0 Å². The van der Waals surface area contributed by atoms with Crippen molar-refractivity contribution in [2.24, 2.45) is 0 Å². The van der Waals surface area contributed by atoms with Crippen LogP contribution in [0.15, 0.2) is 23.2 Å². The van der Waals surface area contributed by atoms with Crippen LogP contribution < -0.4 is 5.32 Å². The molecule has 1 aromatic rings. The minimum absolute atomic E-state index is 0.114. The fraction of sp³-hybridized carbons (Fsp3) is 0.615. The number of ether oxygens (including phenoxy) is 1. The molecule has 1 heterocycles. The molecule has 0 aliphatic heterocycles. The van der Waals surface area contributed by atoms with Crippen molar-refractivity contribution in [3.05, 3.63) is 18.3 Å². The zero-order valence-electron chi connectivity index (χ0n) is 11.9. The highest BCUT2D eigenvalue weighted by molar-refractivity contribution is 7.89. The number of pyridine rings is 1. The third-order valence-electron chi connectivity index (χ3n) is 3.17. The lowest BCUT2D eigenvalue weighted by Crippen LogP contribution is -2.35. The fourth-order valence-corrected chi connectivity index (χ4v) is 3.61. The lowest BCUT2D eigenvalue weighted by molar-refractivity contribution is 0.177. The summed E-state index contributed by atoms with van der Waals surface area (Å²) in [5.74, 6) is 0.682. The van der Waals surface area contributed by atoms with Crippen molar-refractivity contribution in [3.63, 3.8) is 0 Å². The molecular weight excluding hydrogens is 278 g/mol. The number of aromatic nitrogens is 1. The van der Waals surface area contributed by atoms with Gasteiger partial charge in [-0.05, 0) is 31.9 Å². The van der Waals surface area contributed by atoms with Crippen LogP contribution >= 0.6 is 0 Å². The number of anilines is 1. The Morgan fingerprint density at radius 3 is 2.70 bits per heavy atom. The van der Waals surface area contributed by atoms with Gasteiger partial charge in [0.05, 0.1) is 6.61 Å². The molecule has 1 fully saturated rings. The van der Waals surface area contributed by atoms with Crippen molar-refractivity contribution < 1.29 is 13.2 Å². The van der Waals surface area contributed by atoms with Crippen molar-refractivity contribution in [3.8, 4) is 0 Å². The largest absolute Gasteiger partial charge is 0.383 e. The number of nitrogens with one attached hydrogen (secondary N) is 1. The van der Waals surface area contributed by atoms with Crippen molar-refractivity contribution in [1.82, 2.24) is 9.29 Å². The molecule has 112 valence electrons. The van der Waals surface area contributed by atoms with Crippen LogP contribution in [-0.2, 0) is 14.8 Å². The number of nitrogens with zero attached hydrogens (tertiary/aromatic N) is 2. The maximum atomic E-state index is 12.6. The molecule has 20 heavy (non-hydrogen) atoms. The van der Waals surface area contributed by atoms with E-state index >= 15 is 0 Å². The average Bonchev–Trinajstić information content (AvgIpc) is 3.24. The molecule has 2 rings (SSSR count). The second kappa shape index (κ2) is 6.51. The Morgan fingerprint density at radius 1 is 1.45 bits per heavy atom. The summed E-state index contributed by atoms with van der Waals surface area (Å²) in [5.41, 5.74) is 0. The van der Waals surface area contributed by atoms with E-state index in [4.69, 9.17) is 4.74 Å². The number of hydrogen-bond acceptors (Lipinski definition) is 5. The van der Waals surface area contributed by atoms with E-state index in [-0.39, 0.29) is 10.9 Å². The monoisotopic (exact) mass is 299 g/mol. The quantitative estimate of drug-likeness (QED) is 0.783. The molecule has 1 saturated carbocycles. The fourth-order valence-electron chi connectivity index (χ4n) is 2.00. The van der Waals surface area contributed by atoms with E-state index in [9.17, 15) is 8.42 Å². The summed E-state index contributed by atoms with van der Waals surface area (Å²) in [6.07, 6.45) is 3.26. The van der Waals surface area contributed by atoms with Crippen molar-refractivity contribution in [1.29, 1.82) is 0 Å². The highest BCUT2D eigenvalue weighted by Crippen LogP contribution is 2.31. The molecule has 6 nitrogen and oxygen atoms in total. The second-order valence-electron chi connectivity index (χ2n) is 4.75. The van der Waals surface area contributed by atoms with Gasteiger partial charge in [-0.3, -0.25) is 0 Å². The van der Waals surface area contributed by atoms with Gasteiger partial charge in [-0.25, -0.2) is 13.4 Å². The smallest absolute Gasteiger partial charge is 0.244 e. The molecule has 1 aliphatic rings. The second-order valence-corrected chi connectivity index (χ2v) is 6.64. The van der Waals surface area contributed by atoms with Crippen molar-refractivity contribution in [2.75, 3.05) is 32.1 Å². The Balaban J connectivity index is 2.18. The molecule has 0 bridgehead atoms. The predicted molar refractivity (Wildman–Crippen MR) is 77.2 cm³/mol. The van der Waals surface area contributed by atoms with E-state index in [0.29, 0.717) is 19.0 Å². The van der Waals surface area contributed by atoms with E-state index in [0.717, 1.165) is 19.4 Å². The standard InChI is InChI=1S/C13H21N3O3S/c1-3-14-13-7-6-12(10-15-13)20(17,18)16(8-9-19-2)11-4-5-11/h6-7,10-11H,3-5,8-9H2,1-2H3,(H,14,15). The third kappa shape index (κ3) is 3.47. The SMILES string of the molecule is CCNc1ccc(S(=O)(=O)N(CCOC)C2CC2)cn1. The normalized spacial score (nSPS) is 15.6. The summed E-state index contributed by atoms with van der Waals surface area (Å²) in [4.78, 5) is 4.37. The van der Waals surface area contributed by atoms with Crippen LogP contribution in [0.1, 0.15) is 19.8 Å². The van der Waals surface area contributed by atoms with Gasteiger partial charge in [0.1, 0.15) is 10.7 Å². The number of sulfonamides is 1. The van der Waals surface area contributed by atoms with E-state index in [1.54, 1.807) is 19.2 Å². The van der Waals surface area contributed by atoms with Gasteiger partial charge in [0.25, 0.3) is 0 Å². The Kier molecular flexibility index (Phi) is 4.95. The summed E-state index contributed by atoms with van der Waals surface area (Å²) in [6.45, 7) is 3.50. The molecule has 1 aliphatic carbocycles. The molecule has 0 amide bonds. The first kappa shape index (κ1) is 15.2.